The molecule has 1 fully saturated rings. The van der Waals surface area contributed by atoms with Crippen LogP contribution in [0.4, 0.5) is 5.69 Å². The number of hydrogen-bond donors (Lipinski definition) is 2. The molecule has 0 amide bonds. The number of anilines is 1. The maximum Gasteiger partial charge on any atom is 0.123 e. The van der Waals surface area contributed by atoms with Gasteiger partial charge in [0, 0.05) is 17.3 Å². The third kappa shape index (κ3) is 1.68. The van der Waals surface area contributed by atoms with Gasteiger partial charge in [0.1, 0.15) is 5.75 Å². The van der Waals surface area contributed by atoms with Crippen molar-refractivity contribution in [2.75, 3.05) is 19.4 Å². The average Bonchev–Trinajstić information content (AvgIpc) is 2.70. The van der Waals surface area contributed by atoms with E-state index in [9.17, 15) is 0 Å². The first-order chi connectivity index (χ1) is 6.81. The van der Waals surface area contributed by atoms with Crippen molar-refractivity contribution in [1.29, 1.82) is 0 Å². The predicted octanol–water partition coefficient (Wildman–Crippen LogP) is 1.70. The molecule has 1 aliphatic rings. The molecule has 1 heterocycles. The summed E-state index contributed by atoms with van der Waals surface area (Å²) in [7, 11) is 1.70. The van der Waals surface area contributed by atoms with Gasteiger partial charge in [0.25, 0.3) is 0 Å². The van der Waals surface area contributed by atoms with Crippen LogP contribution >= 0.6 is 0 Å². The van der Waals surface area contributed by atoms with E-state index in [1.807, 2.05) is 18.2 Å². The van der Waals surface area contributed by atoms with Gasteiger partial charge in [-0.1, -0.05) is 0 Å². The molecular formula is C11H16N2O. The molecule has 1 saturated heterocycles. The van der Waals surface area contributed by atoms with Crippen LogP contribution < -0.4 is 15.8 Å². The maximum atomic E-state index is 5.77. The van der Waals surface area contributed by atoms with E-state index in [1.54, 1.807) is 7.11 Å². The summed E-state index contributed by atoms with van der Waals surface area (Å²) < 4.78 is 5.32. The van der Waals surface area contributed by atoms with Crippen LogP contribution in [0.3, 0.4) is 0 Å². The highest BCUT2D eigenvalue weighted by Gasteiger charge is 2.19. The first-order valence-electron chi connectivity index (χ1n) is 4.98. The Morgan fingerprint density at radius 3 is 3.00 bits per heavy atom. The van der Waals surface area contributed by atoms with Crippen LogP contribution in [0.2, 0.25) is 0 Å². The van der Waals surface area contributed by atoms with Crippen molar-refractivity contribution in [3.05, 3.63) is 23.8 Å². The topological polar surface area (TPSA) is 47.3 Å². The zero-order valence-electron chi connectivity index (χ0n) is 8.42. The molecule has 14 heavy (non-hydrogen) atoms. The lowest BCUT2D eigenvalue weighted by Crippen LogP contribution is -2.14. The van der Waals surface area contributed by atoms with E-state index in [2.05, 4.69) is 5.32 Å². The summed E-state index contributed by atoms with van der Waals surface area (Å²) in [6.45, 7) is 1.09. The molecule has 0 saturated carbocycles. The molecule has 3 heteroatoms. The molecule has 0 radical (unpaired) electrons. The quantitative estimate of drug-likeness (QED) is 0.701. The van der Waals surface area contributed by atoms with Gasteiger partial charge in [-0.15, -0.1) is 0 Å². The SMILES string of the molecule is COc1ccc(N)cc1[C@H]1CCCN1. The molecule has 0 bridgehead atoms. The van der Waals surface area contributed by atoms with Crippen molar-refractivity contribution in [1.82, 2.24) is 5.32 Å². The van der Waals surface area contributed by atoms with Crippen molar-refractivity contribution in [3.63, 3.8) is 0 Å². The second kappa shape index (κ2) is 3.88. The minimum atomic E-state index is 0.411. The maximum absolute atomic E-state index is 5.77. The normalized spacial score (nSPS) is 21.1. The fourth-order valence-electron chi connectivity index (χ4n) is 1.98. The van der Waals surface area contributed by atoms with Crippen LogP contribution in [0.1, 0.15) is 24.4 Å². The van der Waals surface area contributed by atoms with Crippen molar-refractivity contribution in [2.24, 2.45) is 0 Å². The Morgan fingerprint density at radius 2 is 2.36 bits per heavy atom. The fraction of sp³-hybridized carbons (Fsp3) is 0.455. The number of benzene rings is 1. The van der Waals surface area contributed by atoms with Crippen molar-refractivity contribution >= 4 is 5.69 Å². The number of ether oxygens (including phenoxy) is 1. The minimum Gasteiger partial charge on any atom is -0.496 e. The van der Waals surface area contributed by atoms with Gasteiger partial charge < -0.3 is 15.8 Å². The van der Waals surface area contributed by atoms with E-state index < -0.39 is 0 Å². The highest BCUT2D eigenvalue weighted by Crippen LogP contribution is 2.32. The molecule has 1 aromatic rings. The van der Waals surface area contributed by atoms with E-state index in [0.717, 1.165) is 18.0 Å². The summed E-state index contributed by atoms with van der Waals surface area (Å²) in [5.41, 5.74) is 7.75. The van der Waals surface area contributed by atoms with Gasteiger partial charge in [-0.2, -0.15) is 0 Å². The summed E-state index contributed by atoms with van der Waals surface area (Å²) in [5.74, 6) is 0.929. The molecule has 3 N–H and O–H groups in total. The molecule has 76 valence electrons. The van der Waals surface area contributed by atoms with Crippen molar-refractivity contribution in [3.8, 4) is 5.75 Å². The average molecular weight is 192 g/mol. The van der Waals surface area contributed by atoms with Gasteiger partial charge in [0.05, 0.1) is 7.11 Å². The van der Waals surface area contributed by atoms with Gasteiger partial charge in [-0.3, -0.25) is 0 Å². The summed E-state index contributed by atoms with van der Waals surface area (Å²) in [4.78, 5) is 0. The Bertz CT molecular complexity index is 319. The molecule has 0 spiro atoms. The fourth-order valence-corrected chi connectivity index (χ4v) is 1.98. The molecular weight excluding hydrogens is 176 g/mol. The number of rotatable bonds is 2. The lowest BCUT2D eigenvalue weighted by atomic mass is 10.0. The Morgan fingerprint density at radius 1 is 1.50 bits per heavy atom. The van der Waals surface area contributed by atoms with Crippen LogP contribution in [0.15, 0.2) is 18.2 Å². The number of nitrogens with one attached hydrogen (secondary N) is 1. The first kappa shape index (κ1) is 9.34. The summed E-state index contributed by atoms with van der Waals surface area (Å²) in [5, 5.41) is 3.44. The summed E-state index contributed by atoms with van der Waals surface area (Å²) in [6.07, 6.45) is 2.39. The van der Waals surface area contributed by atoms with E-state index in [0.29, 0.717) is 6.04 Å². The standard InChI is InChI=1S/C11H16N2O/c1-14-11-5-4-8(12)7-9(11)10-3-2-6-13-10/h4-5,7,10,13H,2-3,6,12H2,1H3/t10-/m1/s1. The number of nitrogens with two attached hydrogens (primary N) is 1. The Hall–Kier alpha value is -1.22. The van der Waals surface area contributed by atoms with Gasteiger partial charge in [0.2, 0.25) is 0 Å². The van der Waals surface area contributed by atoms with Gasteiger partial charge in [-0.05, 0) is 37.6 Å². The Labute approximate surface area is 84.3 Å². The third-order valence-corrected chi connectivity index (χ3v) is 2.69. The Balaban J connectivity index is 2.33. The van der Waals surface area contributed by atoms with E-state index in [1.165, 1.54) is 18.4 Å². The monoisotopic (exact) mass is 192 g/mol. The molecule has 1 atom stereocenters. The number of nitrogen functional groups attached to an aromatic ring is 1. The lowest BCUT2D eigenvalue weighted by molar-refractivity contribution is 0.403. The lowest BCUT2D eigenvalue weighted by Gasteiger charge is -2.15. The summed E-state index contributed by atoms with van der Waals surface area (Å²) in [6, 6.07) is 6.22. The van der Waals surface area contributed by atoms with Crippen LogP contribution in [-0.4, -0.2) is 13.7 Å². The van der Waals surface area contributed by atoms with Crippen LogP contribution in [0.25, 0.3) is 0 Å². The molecule has 0 aromatic heterocycles. The van der Waals surface area contributed by atoms with Crippen LogP contribution in [0.5, 0.6) is 5.75 Å². The largest absolute Gasteiger partial charge is 0.496 e. The predicted molar refractivity (Wildman–Crippen MR) is 57.4 cm³/mol. The van der Waals surface area contributed by atoms with Gasteiger partial charge in [-0.25, -0.2) is 0 Å². The minimum absolute atomic E-state index is 0.411. The van der Waals surface area contributed by atoms with Crippen molar-refractivity contribution < 1.29 is 4.74 Å². The van der Waals surface area contributed by atoms with E-state index in [4.69, 9.17) is 10.5 Å². The highest BCUT2D eigenvalue weighted by atomic mass is 16.5. The van der Waals surface area contributed by atoms with Crippen molar-refractivity contribution in [2.45, 2.75) is 18.9 Å². The number of methoxy groups -OCH3 is 1. The second-order valence-corrected chi connectivity index (χ2v) is 3.65. The van der Waals surface area contributed by atoms with Gasteiger partial charge in [0.15, 0.2) is 0 Å². The molecule has 0 aliphatic carbocycles. The smallest absolute Gasteiger partial charge is 0.123 e. The second-order valence-electron chi connectivity index (χ2n) is 3.65. The number of hydrogen-bond acceptors (Lipinski definition) is 3. The zero-order valence-corrected chi connectivity index (χ0v) is 8.42. The molecule has 2 rings (SSSR count). The summed E-state index contributed by atoms with van der Waals surface area (Å²) >= 11 is 0. The van der Waals surface area contributed by atoms with E-state index in [-0.39, 0.29) is 0 Å². The molecule has 3 nitrogen and oxygen atoms in total. The van der Waals surface area contributed by atoms with Crippen LogP contribution in [-0.2, 0) is 0 Å². The van der Waals surface area contributed by atoms with Gasteiger partial charge >= 0.3 is 0 Å². The van der Waals surface area contributed by atoms with Crippen LogP contribution in [0, 0.1) is 0 Å². The molecule has 0 unspecified atom stereocenters. The first-order valence-corrected chi connectivity index (χ1v) is 4.98. The molecule has 1 aliphatic heterocycles. The van der Waals surface area contributed by atoms with E-state index >= 15 is 0 Å². The zero-order chi connectivity index (χ0) is 9.97. The highest BCUT2D eigenvalue weighted by molar-refractivity contribution is 5.49. The third-order valence-electron chi connectivity index (χ3n) is 2.69. The molecule has 1 aromatic carbocycles. The Kier molecular flexibility index (Phi) is 2.59.